The van der Waals surface area contributed by atoms with E-state index in [0.29, 0.717) is 16.5 Å². The highest BCUT2D eigenvalue weighted by molar-refractivity contribution is 6.41. The topological polar surface area (TPSA) is 74.6 Å². The summed E-state index contributed by atoms with van der Waals surface area (Å²) in [7, 11) is 0. The van der Waals surface area contributed by atoms with E-state index in [1.165, 1.54) is 0 Å². The lowest BCUT2D eigenvalue weighted by Gasteiger charge is -2.20. The van der Waals surface area contributed by atoms with Crippen LogP contribution in [0.3, 0.4) is 0 Å². The van der Waals surface area contributed by atoms with Gasteiger partial charge < -0.3 is 9.47 Å². The summed E-state index contributed by atoms with van der Waals surface area (Å²) in [5.74, 6) is -1.86. The molecule has 0 aliphatic rings. The van der Waals surface area contributed by atoms with Crippen LogP contribution in [-0.4, -0.2) is 34.1 Å². The number of nitrogens with zero attached hydrogens (tertiary/aromatic N) is 1. The van der Waals surface area contributed by atoms with E-state index in [0.717, 1.165) is 4.57 Å². The number of Topliss-reactive ketones (excluding diaryl/α,β-unsaturated/α-hetero) is 1. The molecule has 0 bridgehead atoms. The zero-order valence-electron chi connectivity index (χ0n) is 15.4. The van der Waals surface area contributed by atoms with E-state index in [9.17, 15) is 14.4 Å². The van der Waals surface area contributed by atoms with E-state index in [1.807, 2.05) is 0 Å². The molecular formula is C19H23NO5. The van der Waals surface area contributed by atoms with Crippen molar-refractivity contribution in [2.45, 2.75) is 53.2 Å². The van der Waals surface area contributed by atoms with Gasteiger partial charge in [-0.15, -0.1) is 0 Å². The third-order valence-electron chi connectivity index (χ3n) is 3.45. The van der Waals surface area contributed by atoms with Crippen molar-refractivity contribution < 1.29 is 23.9 Å². The zero-order valence-corrected chi connectivity index (χ0v) is 15.4. The minimum absolute atomic E-state index is 0.0268. The number of carbonyl (C=O) groups is 3. The molecule has 0 unspecified atom stereocenters. The van der Waals surface area contributed by atoms with Gasteiger partial charge in [0.1, 0.15) is 11.3 Å². The SMILES string of the molecule is Cc1c(C(=O)C(=O)OC(C)C)n(C(=O)OC(C)(C)C)c2ccccc12. The molecule has 2 aromatic rings. The van der Waals surface area contributed by atoms with Crippen molar-refractivity contribution in [3.8, 4) is 0 Å². The van der Waals surface area contributed by atoms with Gasteiger partial charge in [-0.25, -0.2) is 14.2 Å². The van der Waals surface area contributed by atoms with Crippen LogP contribution in [0.1, 0.15) is 50.7 Å². The summed E-state index contributed by atoms with van der Waals surface area (Å²) in [6.07, 6.45) is -1.14. The minimum atomic E-state index is -0.995. The van der Waals surface area contributed by atoms with Crippen molar-refractivity contribution in [3.63, 3.8) is 0 Å². The number of fused-ring (bicyclic) bond motifs is 1. The molecule has 0 spiro atoms. The van der Waals surface area contributed by atoms with Crippen LogP contribution in [0.2, 0.25) is 0 Å². The predicted molar refractivity (Wildman–Crippen MR) is 93.9 cm³/mol. The Kier molecular flexibility index (Phi) is 5.02. The first kappa shape index (κ1) is 18.7. The maximum Gasteiger partial charge on any atom is 0.419 e. The van der Waals surface area contributed by atoms with Gasteiger partial charge in [-0.3, -0.25) is 4.79 Å². The van der Waals surface area contributed by atoms with Gasteiger partial charge in [0, 0.05) is 5.39 Å². The van der Waals surface area contributed by atoms with Crippen molar-refractivity contribution in [1.29, 1.82) is 0 Å². The maximum atomic E-state index is 12.7. The van der Waals surface area contributed by atoms with E-state index in [4.69, 9.17) is 9.47 Å². The zero-order chi connectivity index (χ0) is 18.9. The van der Waals surface area contributed by atoms with Gasteiger partial charge in [0.15, 0.2) is 0 Å². The van der Waals surface area contributed by atoms with Gasteiger partial charge in [-0.05, 0) is 53.2 Å². The number of para-hydroxylation sites is 1. The standard InChI is InChI=1S/C19H23NO5/c1-11(2)24-17(22)16(21)15-12(3)13-9-7-8-10-14(13)20(15)18(23)25-19(4,5)6/h7-11H,1-6H3. The number of hydrogen-bond acceptors (Lipinski definition) is 5. The molecule has 0 amide bonds. The summed E-state index contributed by atoms with van der Waals surface area (Å²) in [5, 5.41) is 0.703. The molecule has 0 saturated heterocycles. The quantitative estimate of drug-likeness (QED) is 0.479. The monoisotopic (exact) mass is 345 g/mol. The first-order valence-electron chi connectivity index (χ1n) is 8.11. The lowest BCUT2D eigenvalue weighted by Crippen LogP contribution is -2.31. The molecule has 1 aromatic heterocycles. The van der Waals surface area contributed by atoms with Crippen LogP contribution >= 0.6 is 0 Å². The smallest absolute Gasteiger partial charge is 0.419 e. The molecule has 0 fully saturated rings. The summed E-state index contributed by atoms with van der Waals surface area (Å²) >= 11 is 0. The molecule has 0 atom stereocenters. The van der Waals surface area contributed by atoms with Crippen LogP contribution in [-0.2, 0) is 14.3 Å². The van der Waals surface area contributed by atoms with Crippen LogP contribution in [0.25, 0.3) is 10.9 Å². The third-order valence-corrected chi connectivity index (χ3v) is 3.45. The molecular weight excluding hydrogens is 322 g/mol. The van der Waals surface area contributed by atoms with E-state index < -0.39 is 29.6 Å². The average Bonchev–Trinajstić information content (AvgIpc) is 2.77. The lowest BCUT2D eigenvalue weighted by molar-refractivity contribution is -0.141. The van der Waals surface area contributed by atoms with Crippen LogP contribution in [0.4, 0.5) is 4.79 Å². The first-order chi connectivity index (χ1) is 11.5. The van der Waals surface area contributed by atoms with Gasteiger partial charge in [0.2, 0.25) is 0 Å². The molecule has 134 valence electrons. The largest absolute Gasteiger partial charge is 0.457 e. The normalized spacial score (nSPS) is 11.6. The molecule has 0 radical (unpaired) electrons. The first-order valence-corrected chi connectivity index (χ1v) is 8.11. The van der Waals surface area contributed by atoms with Crippen molar-refractivity contribution in [1.82, 2.24) is 4.57 Å². The number of benzene rings is 1. The Morgan fingerprint density at radius 3 is 2.24 bits per heavy atom. The Labute approximate surface area is 146 Å². The number of aromatic nitrogens is 1. The van der Waals surface area contributed by atoms with Crippen LogP contribution in [0.15, 0.2) is 24.3 Å². The molecule has 25 heavy (non-hydrogen) atoms. The fraction of sp³-hybridized carbons (Fsp3) is 0.421. The summed E-state index contributed by atoms with van der Waals surface area (Å²) in [5.41, 5.74) is 0.276. The molecule has 1 aromatic carbocycles. The predicted octanol–water partition coefficient (Wildman–Crippen LogP) is 3.87. The molecule has 0 N–H and O–H groups in total. The number of carbonyl (C=O) groups excluding carboxylic acids is 3. The van der Waals surface area contributed by atoms with Crippen LogP contribution in [0, 0.1) is 6.92 Å². The van der Waals surface area contributed by atoms with Gasteiger partial charge in [0.25, 0.3) is 5.78 Å². The number of ether oxygens (including phenoxy) is 2. The molecule has 0 aliphatic heterocycles. The Hall–Kier alpha value is -2.63. The molecule has 2 rings (SSSR count). The highest BCUT2D eigenvalue weighted by Gasteiger charge is 2.31. The van der Waals surface area contributed by atoms with Gasteiger partial charge >= 0.3 is 12.1 Å². The van der Waals surface area contributed by atoms with Crippen LogP contribution < -0.4 is 0 Å². The highest BCUT2D eigenvalue weighted by atomic mass is 16.6. The van der Waals surface area contributed by atoms with E-state index in [-0.39, 0.29) is 5.69 Å². The van der Waals surface area contributed by atoms with E-state index in [1.54, 1.807) is 65.8 Å². The summed E-state index contributed by atoms with van der Waals surface area (Å²) in [4.78, 5) is 37.5. The van der Waals surface area contributed by atoms with Gasteiger partial charge in [0.05, 0.1) is 11.6 Å². The van der Waals surface area contributed by atoms with E-state index in [2.05, 4.69) is 0 Å². The second-order valence-corrected chi connectivity index (χ2v) is 7.09. The Bertz CT molecular complexity index is 839. The Morgan fingerprint density at radius 1 is 1.08 bits per heavy atom. The van der Waals surface area contributed by atoms with Gasteiger partial charge in [-0.1, -0.05) is 18.2 Å². The van der Waals surface area contributed by atoms with E-state index >= 15 is 0 Å². The van der Waals surface area contributed by atoms with Crippen molar-refractivity contribution in [2.24, 2.45) is 0 Å². The lowest BCUT2D eigenvalue weighted by atomic mass is 10.1. The molecule has 0 saturated carbocycles. The summed E-state index contributed by atoms with van der Waals surface area (Å²) in [6.45, 7) is 10.2. The second-order valence-electron chi connectivity index (χ2n) is 7.09. The Morgan fingerprint density at radius 2 is 1.68 bits per heavy atom. The summed E-state index contributed by atoms with van der Waals surface area (Å²) < 4.78 is 11.6. The number of aryl methyl sites for hydroxylation is 1. The number of rotatable bonds is 3. The Balaban J connectivity index is 2.64. The number of hydrogen-bond donors (Lipinski definition) is 0. The fourth-order valence-electron chi connectivity index (χ4n) is 2.53. The molecule has 6 heteroatoms. The minimum Gasteiger partial charge on any atom is -0.457 e. The summed E-state index contributed by atoms with van der Waals surface area (Å²) in [6, 6.07) is 7.05. The molecule has 6 nitrogen and oxygen atoms in total. The van der Waals surface area contributed by atoms with Crippen molar-refractivity contribution in [3.05, 3.63) is 35.5 Å². The number of ketones is 1. The molecule has 0 aliphatic carbocycles. The van der Waals surface area contributed by atoms with Crippen molar-refractivity contribution >= 4 is 28.7 Å². The highest BCUT2D eigenvalue weighted by Crippen LogP contribution is 2.27. The molecule has 1 heterocycles. The number of esters is 1. The van der Waals surface area contributed by atoms with Gasteiger partial charge in [-0.2, -0.15) is 0 Å². The fourth-order valence-corrected chi connectivity index (χ4v) is 2.53. The maximum absolute atomic E-state index is 12.7. The van der Waals surface area contributed by atoms with Crippen molar-refractivity contribution in [2.75, 3.05) is 0 Å². The average molecular weight is 345 g/mol. The second kappa shape index (κ2) is 6.70. The third kappa shape index (κ3) is 3.90. The van der Waals surface area contributed by atoms with Crippen LogP contribution in [0.5, 0.6) is 0 Å².